The highest BCUT2D eigenvalue weighted by atomic mass is 16.5. The van der Waals surface area contributed by atoms with Crippen LogP contribution in [0.4, 0.5) is 0 Å². The van der Waals surface area contributed by atoms with E-state index in [1.807, 2.05) is 6.07 Å². The third-order valence-corrected chi connectivity index (χ3v) is 2.25. The summed E-state index contributed by atoms with van der Waals surface area (Å²) in [6, 6.07) is 6.28. The van der Waals surface area contributed by atoms with E-state index in [2.05, 4.69) is 46.8 Å². The van der Waals surface area contributed by atoms with E-state index < -0.39 is 0 Å². The SMILES string of the molecule is [CH2]c1cc(CC(C)C)cc(OCC(C)C)c1. The van der Waals surface area contributed by atoms with Crippen molar-refractivity contribution in [2.24, 2.45) is 11.8 Å². The minimum Gasteiger partial charge on any atom is -0.493 e. The lowest BCUT2D eigenvalue weighted by molar-refractivity contribution is 0.270. The van der Waals surface area contributed by atoms with Gasteiger partial charge in [-0.05, 0) is 48.4 Å². The zero-order valence-electron chi connectivity index (χ0n) is 10.9. The summed E-state index contributed by atoms with van der Waals surface area (Å²) in [6.45, 7) is 13.5. The lowest BCUT2D eigenvalue weighted by Crippen LogP contribution is -2.05. The molecule has 1 radical (unpaired) electrons. The van der Waals surface area contributed by atoms with Gasteiger partial charge in [-0.1, -0.05) is 33.8 Å². The number of rotatable bonds is 5. The van der Waals surface area contributed by atoms with Crippen molar-refractivity contribution in [3.05, 3.63) is 36.2 Å². The Morgan fingerprint density at radius 3 is 2.31 bits per heavy atom. The molecule has 0 amide bonds. The van der Waals surface area contributed by atoms with Crippen LogP contribution in [0.5, 0.6) is 5.75 Å². The zero-order chi connectivity index (χ0) is 12.1. The van der Waals surface area contributed by atoms with Gasteiger partial charge >= 0.3 is 0 Å². The molecule has 1 rings (SSSR count). The maximum Gasteiger partial charge on any atom is 0.119 e. The quantitative estimate of drug-likeness (QED) is 0.724. The molecule has 0 spiro atoms. The van der Waals surface area contributed by atoms with Crippen LogP contribution in [-0.2, 0) is 6.42 Å². The summed E-state index contributed by atoms with van der Waals surface area (Å²) in [5.74, 6) is 2.18. The van der Waals surface area contributed by atoms with Crippen molar-refractivity contribution in [1.29, 1.82) is 0 Å². The summed E-state index contributed by atoms with van der Waals surface area (Å²) in [6.07, 6.45) is 1.08. The molecule has 0 saturated heterocycles. The molecule has 0 fully saturated rings. The average Bonchev–Trinajstić information content (AvgIpc) is 2.12. The summed E-state index contributed by atoms with van der Waals surface area (Å²) in [5, 5.41) is 0. The largest absolute Gasteiger partial charge is 0.493 e. The van der Waals surface area contributed by atoms with Crippen LogP contribution < -0.4 is 4.74 Å². The van der Waals surface area contributed by atoms with E-state index in [9.17, 15) is 0 Å². The van der Waals surface area contributed by atoms with Gasteiger partial charge in [0.15, 0.2) is 0 Å². The van der Waals surface area contributed by atoms with Crippen LogP contribution in [0.2, 0.25) is 0 Å². The van der Waals surface area contributed by atoms with E-state index in [4.69, 9.17) is 4.74 Å². The maximum atomic E-state index is 5.73. The molecule has 1 nitrogen and oxygen atoms in total. The molecular formula is C15H23O. The minimum atomic E-state index is 0.557. The lowest BCUT2D eigenvalue weighted by Gasteiger charge is -2.12. The lowest BCUT2D eigenvalue weighted by atomic mass is 10.0. The zero-order valence-corrected chi connectivity index (χ0v) is 10.9. The summed E-state index contributed by atoms with van der Waals surface area (Å²) < 4.78 is 5.73. The summed E-state index contributed by atoms with van der Waals surface area (Å²) in [7, 11) is 0. The molecule has 0 unspecified atom stereocenters. The molecule has 0 aliphatic rings. The highest BCUT2D eigenvalue weighted by Gasteiger charge is 2.03. The maximum absolute atomic E-state index is 5.73. The fourth-order valence-corrected chi connectivity index (χ4v) is 1.66. The molecule has 0 aliphatic carbocycles. The van der Waals surface area contributed by atoms with Crippen LogP contribution in [0, 0.1) is 18.8 Å². The van der Waals surface area contributed by atoms with E-state index in [1.54, 1.807) is 0 Å². The normalized spacial score (nSPS) is 11.2. The van der Waals surface area contributed by atoms with E-state index >= 15 is 0 Å². The van der Waals surface area contributed by atoms with Crippen molar-refractivity contribution >= 4 is 0 Å². The van der Waals surface area contributed by atoms with Crippen LogP contribution in [0.15, 0.2) is 18.2 Å². The molecule has 0 N–H and O–H groups in total. The molecule has 16 heavy (non-hydrogen) atoms. The van der Waals surface area contributed by atoms with Crippen molar-refractivity contribution < 1.29 is 4.74 Å². The summed E-state index contributed by atoms with van der Waals surface area (Å²) in [5.41, 5.74) is 2.36. The van der Waals surface area contributed by atoms with Crippen LogP contribution in [-0.4, -0.2) is 6.61 Å². The Labute approximate surface area is 99.8 Å². The van der Waals surface area contributed by atoms with Crippen LogP contribution in [0.1, 0.15) is 38.8 Å². The second kappa shape index (κ2) is 5.93. The smallest absolute Gasteiger partial charge is 0.119 e. The van der Waals surface area contributed by atoms with E-state index in [0.29, 0.717) is 11.8 Å². The third kappa shape index (κ3) is 4.69. The number of ether oxygens (including phenoxy) is 1. The van der Waals surface area contributed by atoms with Gasteiger partial charge in [0, 0.05) is 0 Å². The Bertz CT molecular complexity index is 326. The average molecular weight is 219 g/mol. The Hall–Kier alpha value is -0.980. The van der Waals surface area contributed by atoms with Gasteiger partial charge in [-0.2, -0.15) is 0 Å². The first-order chi connectivity index (χ1) is 7.47. The molecule has 0 bridgehead atoms. The molecular weight excluding hydrogens is 196 g/mol. The van der Waals surface area contributed by atoms with Crippen molar-refractivity contribution in [3.8, 4) is 5.75 Å². The Kier molecular flexibility index (Phi) is 4.85. The standard InChI is InChI=1S/C15H23O/c1-11(2)6-14-7-13(5)8-15(9-14)16-10-12(3)4/h7-9,11-12H,5-6,10H2,1-4H3. The Morgan fingerprint density at radius 2 is 1.75 bits per heavy atom. The highest BCUT2D eigenvalue weighted by molar-refractivity contribution is 5.36. The van der Waals surface area contributed by atoms with Gasteiger partial charge in [0.1, 0.15) is 5.75 Å². The molecule has 1 aromatic carbocycles. The van der Waals surface area contributed by atoms with Gasteiger partial charge in [-0.15, -0.1) is 0 Å². The van der Waals surface area contributed by atoms with E-state index in [0.717, 1.165) is 24.3 Å². The number of hydrogen-bond acceptors (Lipinski definition) is 1. The van der Waals surface area contributed by atoms with Gasteiger partial charge in [0.25, 0.3) is 0 Å². The third-order valence-electron chi connectivity index (χ3n) is 2.25. The Balaban J connectivity index is 2.73. The molecule has 0 saturated carbocycles. The second-order valence-corrected chi connectivity index (χ2v) is 5.29. The van der Waals surface area contributed by atoms with Crippen molar-refractivity contribution in [2.75, 3.05) is 6.61 Å². The highest BCUT2D eigenvalue weighted by Crippen LogP contribution is 2.19. The van der Waals surface area contributed by atoms with Crippen LogP contribution in [0.3, 0.4) is 0 Å². The first kappa shape index (κ1) is 13.1. The van der Waals surface area contributed by atoms with Crippen LogP contribution >= 0.6 is 0 Å². The first-order valence-corrected chi connectivity index (χ1v) is 6.06. The molecule has 0 heterocycles. The predicted molar refractivity (Wildman–Crippen MR) is 69.8 cm³/mol. The predicted octanol–water partition coefficient (Wildman–Crippen LogP) is 4.10. The van der Waals surface area contributed by atoms with E-state index in [1.165, 1.54) is 5.56 Å². The Morgan fingerprint density at radius 1 is 1.06 bits per heavy atom. The molecule has 89 valence electrons. The minimum absolute atomic E-state index is 0.557. The summed E-state index contributed by atoms with van der Waals surface area (Å²) in [4.78, 5) is 0. The molecule has 0 aromatic heterocycles. The number of hydrogen-bond donors (Lipinski definition) is 0. The van der Waals surface area contributed by atoms with Crippen molar-refractivity contribution in [3.63, 3.8) is 0 Å². The van der Waals surface area contributed by atoms with Crippen molar-refractivity contribution in [2.45, 2.75) is 34.1 Å². The molecule has 0 atom stereocenters. The fourth-order valence-electron chi connectivity index (χ4n) is 1.66. The van der Waals surface area contributed by atoms with Gasteiger partial charge in [0.05, 0.1) is 6.61 Å². The van der Waals surface area contributed by atoms with Gasteiger partial charge in [-0.3, -0.25) is 0 Å². The van der Waals surface area contributed by atoms with Crippen LogP contribution in [0.25, 0.3) is 0 Å². The first-order valence-electron chi connectivity index (χ1n) is 6.06. The monoisotopic (exact) mass is 219 g/mol. The second-order valence-electron chi connectivity index (χ2n) is 5.29. The van der Waals surface area contributed by atoms with Crippen molar-refractivity contribution in [1.82, 2.24) is 0 Å². The molecule has 1 heteroatoms. The van der Waals surface area contributed by atoms with E-state index in [-0.39, 0.29) is 0 Å². The topological polar surface area (TPSA) is 9.23 Å². The number of benzene rings is 1. The van der Waals surface area contributed by atoms with Gasteiger partial charge < -0.3 is 4.74 Å². The molecule has 0 aliphatic heterocycles. The fraction of sp³-hybridized carbons (Fsp3) is 0.533. The van der Waals surface area contributed by atoms with Gasteiger partial charge in [0.2, 0.25) is 0 Å². The van der Waals surface area contributed by atoms with Gasteiger partial charge in [-0.25, -0.2) is 0 Å². The summed E-state index contributed by atoms with van der Waals surface area (Å²) >= 11 is 0. The molecule has 1 aromatic rings.